The number of anilines is 1. The number of nitriles is 1. The molecule has 0 aliphatic carbocycles. The fourth-order valence-electron chi connectivity index (χ4n) is 2.49. The summed E-state index contributed by atoms with van der Waals surface area (Å²) < 4.78 is 10.4. The first-order chi connectivity index (χ1) is 11.2. The van der Waals surface area contributed by atoms with Crippen LogP contribution in [0.4, 0.5) is 5.69 Å². The van der Waals surface area contributed by atoms with Crippen LogP contribution < -0.4 is 14.8 Å². The molecule has 0 unspecified atom stereocenters. The predicted octanol–water partition coefficient (Wildman–Crippen LogP) is 2.54. The Hall–Kier alpha value is -2.68. The predicted molar refractivity (Wildman–Crippen MR) is 87.3 cm³/mol. The van der Waals surface area contributed by atoms with E-state index in [9.17, 15) is 10.1 Å². The van der Waals surface area contributed by atoms with Crippen LogP contribution in [0.25, 0.3) is 0 Å². The summed E-state index contributed by atoms with van der Waals surface area (Å²) in [7, 11) is 3.12. The number of methoxy groups -OCH3 is 2. The first-order valence-corrected chi connectivity index (χ1v) is 7.57. The zero-order valence-electron chi connectivity index (χ0n) is 13.5. The van der Waals surface area contributed by atoms with E-state index in [1.807, 2.05) is 6.07 Å². The molecule has 6 heteroatoms. The number of benzene rings is 1. The number of nitrogens with one attached hydrogen (secondary N) is 1. The van der Waals surface area contributed by atoms with Gasteiger partial charge < -0.3 is 19.7 Å². The van der Waals surface area contributed by atoms with Crippen LogP contribution in [0.2, 0.25) is 0 Å². The SMILES string of the molecule is COc1ccc(N/C=C(/C#N)C(=O)N2CCCCC2)cc1OC. The second kappa shape index (κ2) is 8.08. The Bertz CT molecular complexity index is 628. The fourth-order valence-corrected chi connectivity index (χ4v) is 2.49. The zero-order chi connectivity index (χ0) is 16.7. The third-order valence-electron chi connectivity index (χ3n) is 3.76. The van der Waals surface area contributed by atoms with Crippen molar-refractivity contribution in [2.45, 2.75) is 19.3 Å². The third-order valence-corrected chi connectivity index (χ3v) is 3.76. The number of amides is 1. The molecule has 0 aromatic heterocycles. The van der Waals surface area contributed by atoms with Gasteiger partial charge in [0.05, 0.1) is 14.2 Å². The maximum Gasteiger partial charge on any atom is 0.266 e. The minimum absolute atomic E-state index is 0.0988. The molecule has 0 atom stereocenters. The highest BCUT2D eigenvalue weighted by molar-refractivity contribution is 5.97. The molecule has 1 aromatic rings. The van der Waals surface area contributed by atoms with Gasteiger partial charge in [0, 0.05) is 31.0 Å². The van der Waals surface area contributed by atoms with Crippen molar-refractivity contribution in [3.05, 3.63) is 30.0 Å². The summed E-state index contributed by atoms with van der Waals surface area (Å²) in [6.07, 6.45) is 4.57. The monoisotopic (exact) mass is 315 g/mol. The third kappa shape index (κ3) is 4.16. The lowest BCUT2D eigenvalue weighted by Crippen LogP contribution is -2.36. The molecule has 122 valence electrons. The average Bonchev–Trinajstić information content (AvgIpc) is 2.62. The Morgan fingerprint density at radius 1 is 1.22 bits per heavy atom. The molecule has 23 heavy (non-hydrogen) atoms. The number of hydrogen-bond acceptors (Lipinski definition) is 5. The van der Waals surface area contributed by atoms with E-state index in [4.69, 9.17) is 9.47 Å². The van der Waals surface area contributed by atoms with Gasteiger partial charge in [0.25, 0.3) is 5.91 Å². The second-order valence-corrected chi connectivity index (χ2v) is 5.24. The van der Waals surface area contributed by atoms with Gasteiger partial charge in [0.1, 0.15) is 11.6 Å². The summed E-state index contributed by atoms with van der Waals surface area (Å²) >= 11 is 0. The van der Waals surface area contributed by atoms with Crippen molar-refractivity contribution in [2.24, 2.45) is 0 Å². The van der Waals surface area contributed by atoms with Crippen LogP contribution >= 0.6 is 0 Å². The van der Waals surface area contributed by atoms with Crippen molar-refractivity contribution in [2.75, 3.05) is 32.6 Å². The Balaban J connectivity index is 2.10. The van der Waals surface area contributed by atoms with E-state index in [1.165, 1.54) is 6.20 Å². The van der Waals surface area contributed by atoms with Crippen LogP contribution in [-0.2, 0) is 4.79 Å². The maximum absolute atomic E-state index is 12.3. The van der Waals surface area contributed by atoms with E-state index in [1.54, 1.807) is 37.3 Å². The summed E-state index contributed by atoms with van der Waals surface area (Å²) in [4.78, 5) is 14.1. The van der Waals surface area contributed by atoms with Crippen LogP contribution in [0.15, 0.2) is 30.0 Å². The minimum Gasteiger partial charge on any atom is -0.493 e. The lowest BCUT2D eigenvalue weighted by atomic mass is 10.1. The number of ether oxygens (including phenoxy) is 2. The lowest BCUT2D eigenvalue weighted by molar-refractivity contribution is -0.127. The van der Waals surface area contributed by atoms with Crippen molar-refractivity contribution >= 4 is 11.6 Å². The second-order valence-electron chi connectivity index (χ2n) is 5.24. The smallest absolute Gasteiger partial charge is 0.266 e. The largest absolute Gasteiger partial charge is 0.493 e. The molecule has 0 saturated carbocycles. The minimum atomic E-state index is -0.222. The van der Waals surface area contributed by atoms with Crippen LogP contribution in [0.5, 0.6) is 11.5 Å². The molecule has 1 saturated heterocycles. The van der Waals surface area contributed by atoms with Crippen LogP contribution in [0.1, 0.15) is 19.3 Å². The van der Waals surface area contributed by atoms with E-state index in [0.717, 1.165) is 19.3 Å². The quantitative estimate of drug-likeness (QED) is 0.667. The van der Waals surface area contributed by atoms with Gasteiger partial charge in [-0.05, 0) is 31.4 Å². The number of hydrogen-bond donors (Lipinski definition) is 1. The number of carbonyl (C=O) groups excluding carboxylic acids is 1. The number of rotatable bonds is 5. The van der Waals surface area contributed by atoms with Crippen molar-refractivity contribution in [1.82, 2.24) is 4.90 Å². The molecule has 0 bridgehead atoms. The van der Waals surface area contributed by atoms with E-state index in [2.05, 4.69) is 5.32 Å². The standard InChI is InChI=1S/C17H21N3O3/c1-22-15-7-6-14(10-16(15)23-2)19-12-13(11-18)17(21)20-8-4-3-5-9-20/h6-7,10,12,19H,3-5,8-9H2,1-2H3/b13-12-. The van der Waals surface area contributed by atoms with E-state index in [-0.39, 0.29) is 11.5 Å². The molecular weight excluding hydrogens is 294 g/mol. The van der Waals surface area contributed by atoms with Crippen molar-refractivity contribution in [1.29, 1.82) is 5.26 Å². The van der Waals surface area contributed by atoms with Gasteiger partial charge in [-0.15, -0.1) is 0 Å². The van der Waals surface area contributed by atoms with Crippen molar-refractivity contribution in [3.63, 3.8) is 0 Å². The van der Waals surface area contributed by atoms with Crippen LogP contribution in [-0.4, -0.2) is 38.1 Å². The first-order valence-electron chi connectivity index (χ1n) is 7.57. The van der Waals surface area contributed by atoms with E-state index < -0.39 is 0 Å². The molecule has 1 N–H and O–H groups in total. The van der Waals surface area contributed by atoms with Gasteiger partial charge in [-0.1, -0.05) is 0 Å². The molecule has 0 spiro atoms. The van der Waals surface area contributed by atoms with E-state index >= 15 is 0 Å². The average molecular weight is 315 g/mol. The van der Waals surface area contributed by atoms with Crippen LogP contribution in [0.3, 0.4) is 0 Å². The van der Waals surface area contributed by atoms with Gasteiger partial charge in [0.2, 0.25) is 0 Å². The normalized spacial score (nSPS) is 14.8. The highest BCUT2D eigenvalue weighted by Gasteiger charge is 2.20. The highest BCUT2D eigenvalue weighted by Crippen LogP contribution is 2.29. The molecule has 1 aliphatic rings. The van der Waals surface area contributed by atoms with Gasteiger partial charge in [-0.3, -0.25) is 4.79 Å². The molecule has 6 nitrogen and oxygen atoms in total. The van der Waals surface area contributed by atoms with Gasteiger partial charge >= 0.3 is 0 Å². The Labute approximate surface area is 136 Å². The van der Waals surface area contributed by atoms with Crippen molar-refractivity contribution in [3.8, 4) is 17.6 Å². The molecule has 2 rings (SSSR count). The van der Waals surface area contributed by atoms with Gasteiger partial charge in [0.15, 0.2) is 11.5 Å². The number of likely N-dealkylation sites (tertiary alicyclic amines) is 1. The number of piperidine rings is 1. The van der Waals surface area contributed by atoms with Gasteiger partial charge in [-0.2, -0.15) is 5.26 Å². The molecule has 1 fully saturated rings. The van der Waals surface area contributed by atoms with Gasteiger partial charge in [-0.25, -0.2) is 0 Å². The number of nitrogens with zero attached hydrogens (tertiary/aromatic N) is 2. The fraction of sp³-hybridized carbons (Fsp3) is 0.412. The molecule has 1 heterocycles. The summed E-state index contributed by atoms with van der Waals surface area (Å²) in [6.45, 7) is 1.43. The summed E-state index contributed by atoms with van der Waals surface area (Å²) in [6, 6.07) is 7.27. The highest BCUT2D eigenvalue weighted by atomic mass is 16.5. The number of carbonyl (C=O) groups is 1. The first kappa shape index (κ1) is 16.7. The van der Waals surface area contributed by atoms with Crippen molar-refractivity contribution < 1.29 is 14.3 Å². The molecular formula is C17H21N3O3. The summed E-state index contributed by atoms with van der Waals surface area (Å²) in [5.41, 5.74) is 0.809. The Kier molecular flexibility index (Phi) is 5.87. The summed E-state index contributed by atoms with van der Waals surface area (Å²) in [5.74, 6) is 0.971. The topological polar surface area (TPSA) is 74.6 Å². The zero-order valence-corrected chi connectivity index (χ0v) is 13.5. The molecule has 1 aliphatic heterocycles. The Morgan fingerprint density at radius 2 is 1.91 bits per heavy atom. The molecule has 0 radical (unpaired) electrons. The maximum atomic E-state index is 12.3. The van der Waals surface area contributed by atoms with E-state index in [0.29, 0.717) is 30.3 Å². The molecule has 1 aromatic carbocycles. The Morgan fingerprint density at radius 3 is 2.52 bits per heavy atom. The molecule has 1 amide bonds. The van der Waals surface area contributed by atoms with Crippen LogP contribution in [0, 0.1) is 11.3 Å². The lowest BCUT2D eigenvalue weighted by Gasteiger charge is -2.26. The summed E-state index contributed by atoms with van der Waals surface area (Å²) in [5, 5.41) is 12.2.